The molecule has 2 aromatic carbocycles. The first-order valence-corrected chi connectivity index (χ1v) is 8.26. The smallest absolute Gasteiger partial charge is 0.123 e. The van der Waals surface area contributed by atoms with Crippen LogP contribution in [0.2, 0.25) is 0 Å². The van der Waals surface area contributed by atoms with Crippen LogP contribution in [0.15, 0.2) is 42.5 Å². The van der Waals surface area contributed by atoms with Gasteiger partial charge < -0.3 is 10.3 Å². The fraction of sp³-hybridized carbons (Fsp3) is 0.300. The fourth-order valence-corrected chi connectivity index (χ4v) is 3.56. The maximum Gasteiger partial charge on any atom is 0.123 e. The molecule has 118 valence electrons. The van der Waals surface area contributed by atoms with Gasteiger partial charge in [0.15, 0.2) is 0 Å². The number of nitrogens with one attached hydrogen (secondary N) is 2. The normalized spacial score (nSPS) is 17.7. The van der Waals surface area contributed by atoms with E-state index in [-0.39, 0.29) is 11.9 Å². The Morgan fingerprint density at radius 2 is 1.87 bits per heavy atom. The second kappa shape index (κ2) is 5.50. The minimum absolute atomic E-state index is 0.149. The molecule has 23 heavy (non-hydrogen) atoms. The van der Waals surface area contributed by atoms with E-state index in [1.54, 1.807) is 6.07 Å². The topological polar surface area (TPSA) is 27.8 Å². The average molecular weight is 308 g/mol. The van der Waals surface area contributed by atoms with Crippen LogP contribution < -0.4 is 5.32 Å². The number of aromatic amines is 1. The standard InChI is InChI=1S/C20H21FN2/c1-12(2)13-3-5-14(6-4-13)19-20-16(9-10-22-19)17-11-15(21)7-8-18(17)23-20/h3-8,11-12,19,22-23H,9-10H2,1-2H3. The number of aromatic nitrogens is 1. The molecule has 0 aliphatic carbocycles. The van der Waals surface area contributed by atoms with Crippen molar-refractivity contribution in [1.29, 1.82) is 0 Å². The zero-order valence-corrected chi connectivity index (χ0v) is 13.5. The first kappa shape index (κ1) is 14.5. The second-order valence-electron chi connectivity index (χ2n) is 6.67. The molecule has 1 aliphatic heterocycles. The van der Waals surface area contributed by atoms with Crippen LogP contribution in [0.3, 0.4) is 0 Å². The van der Waals surface area contributed by atoms with Crippen LogP contribution in [0.5, 0.6) is 0 Å². The van der Waals surface area contributed by atoms with E-state index < -0.39 is 0 Å². The van der Waals surface area contributed by atoms with E-state index in [4.69, 9.17) is 0 Å². The minimum atomic E-state index is -0.171. The summed E-state index contributed by atoms with van der Waals surface area (Å²) in [4.78, 5) is 3.50. The van der Waals surface area contributed by atoms with E-state index in [9.17, 15) is 4.39 Å². The molecule has 1 atom stereocenters. The maximum absolute atomic E-state index is 13.6. The molecule has 1 aliphatic rings. The van der Waals surface area contributed by atoms with E-state index in [0.29, 0.717) is 5.92 Å². The van der Waals surface area contributed by atoms with E-state index in [1.807, 2.05) is 6.07 Å². The molecule has 1 unspecified atom stereocenters. The molecule has 0 amide bonds. The second-order valence-corrected chi connectivity index (χ2v) is 6.67. The molecule has 3 heteroatoms. The highest BCUT2D eigenvalue weighted by Crippen LogP contribution is 2.34. The van der Waals surface area contributed by atoms with Gasteiger partial charge in [0.05, 0.1) is 6.04 Å². The highest BCUT2D eigenvalue weighted by atomic mass is 19.1. The van der Waals surface area contributed by atoms with Gasteiger partial charge in [0.2, 0.25) is 0 Å². The highest BCUT2D eigenvalue weighted by Gasteiger charge is 2.25. The molecule has 2 heterocycles. The molecule has 1 aromatic heterocycles. The van der Waals surface area contributed by atoms with Crippen molar-refractivity contribution < 1.29 is 4.39 Å². The predicted octanol–water partition coefficient (Wildman–Crippen LogP) is 4.67. The van der Waals surface area contributed by atoms with Gasteiger partial charge in [0.25, 0.3) is 0 Å². The third kappa shape index (κ3) is 2.45. The van der Waals surface area contributed by atoms with Crippen molar-refractivity contribution in [3.63, 3.8) is 0 Å². The summed E-state index contributed by atoms with van der Waals surface area (Å²) in [5.74, 6) is 0.366. The van der Waals surface area contributed by atoms with Gasteiger partial charge in [-0.15, -0.1) is 0 Å². The van der Waals surface area contributed by atoms with Crippen molar-refractivity contribution in [3.8, 4) is 0 Å². The highest BCUT2D eigenvalue weighted by molar-refractivity contribution is 5.85. The fourth-order valence-electron chi connectivity index (χ4n) is 3.56. The van der Waals surface area contributed by atoms with Gasteiger partial charge >= 0.3 is 0 Å². The summed E-state index contributed by atoms with van der Waals surface area (Å²) in [6.07, 6.45) is 0.930. The van der Waals surface area contributed by atoms with Gasteiger partial charge in [-0.2, -0.15) is 0 Å². The number of hydrogen-bond donors (Lipinski definition) is 2. The van der Waals surface area contributed by atoms with E-state index >= 15 is 0 Å². The van der Waals surface area contributed by atoms with Crippen molar-refractivity contribution in [2.45, 2.75) is 32.2 Å². The molecule has 0 saturated heterocycles. The summed E-state index contributed by atoms with van der Waals surface area (Å²) in [5.41, 5.74) is 6.04. The molecule has 0 spiro atoms. The van der Waals surface area contributed by atoms with Crippen molar-refractivity contribution >= 4 is 10.9 Å². The lowest BCUT2D eigenvalue weighted by Crippen LogP contribution is -2.30. The van der Waals surface area contributed by atoms with Crippen molar-refractivity contribution in [3.05, 3.63) is 70.7 Å². The van der Waals surface area contributed by atoms with Gasteiger partial charge in [-0.1, -0.05) is 38.1 Å². The van der Waals surface area contributed by atoms with Crippen LogP contribution in [0.1, 0.15) is 48.2 Å². The zero-order chi connectivity index (χ0) is 16.0. The predicted molar refractivity (Wildman–Crippen MR) is 92.3 cm³/mol. The Bertz CT molecular complexity index is 846. The largest absolute Gasteiger partial charge is 0.357 e. The van der Waals surface area contributed by atoms with Crippen molar-refractivity contribution in [1.82, 2.24) is 10.3 Å². The van der Waals surface area contributed by atoms with Crippen LogP contribution in [0.4, 0.5) is 4.39 Å². The Morgan fingerprint density at radius 3 is 2.61 bits per heavy atom. The van der Waals surface area contributed by atoms with Crippen LogP contribution in [-0.4, -0.2) is 11.5 Å². The van der Waals surface area contributed by atoms with Crippen LogP contribution in [-0.2, 0) is 6.42 Å². The lowest BCUT2D eigenvalue weighted by Gasteiger charge is -2.25. The van der Waals surface area contributed by atoms with Crippen LogP contribution >= 0.6 is 0 Å². The first-order valence-electron chi connectivity index (χ1n) is 8.26. The van der Waals surface area contributed by atoms with E-state index in [0.717, 1.165) is 23.9 Å². The Balaban J connectivity index is 1.79. The Kier molecular flexibility index (Phi) is 3.46. The molecule has 2 nitrogen and oxygen atoms in total. The number of hydrogen-bond acceptors (Lipinski definition) is 1. The van der Waals surface area contributed by atoms with E-state index in [1.165, 1.54) is 28.5 Å². The van der Waals surface area contributed by atoms with Gasteiger partial charge in [-0.3, -0.25) is 0 Å². The maximum atomic E-state index is 13.6. The minimum Gasteiger partial charge on any atom is -0.357 e. The summed E-state index contributed by atoms with van der Waals surface area (Å²) in [7, 11) is 0. The summed E-state index contributed by atoms with van der Waals surface area (Å²) in [6, 6.07) is 14.0. The van der Waals surface area contributed by atoms with Gasteiger partial charge in [0, 0.05) is 23.1 Å². The number of rotatable bonds is 2. The molecule has 0 radical (unpaired) electrons. The summed E-state index contributed by atoms with van der Waals surface area (Å²) < 4.78 is 13.6. The van der Waals surface area contributed by atoms with Crippen molar-refractivity contribution in [2.75, 3.05) is 6.54 Å². The van der Waals surface area contributed by atoms with E-state index in [2.05, 4.69) is 48.4 Å². The number of halogens is 1. The molecular formula is C20H21FN2. The van der Waals surface area contributed by atoms with Gasteiger partial charge in [-0.05, 0) is 47.2 Å². The lowest BCUT2D eigenvalue weighted by atomic mass is 9.92. The molecule has 0 saturated carbocycles. The number of fused-ring (bicyclic) bond motifs is 3. The SMILES string of the molecule is CC(C)c1ccc(C2NCCc3c2[nH]c2ccc(F)cc32)cc1. The van der Waals surface area contributed by atoms with Crippen molar-refractivity contribution in [2.24, 2.45) is 0 Å². The number of benzene rings is 2. The first-order chi connectivity index (χ1) is 11.1. The lowest BCUT2D eigenvalue weighted by molar-refractivity contribution is 0.560. The molecule has 0 fully saturated rings. The number of H-pyrrole nitrogens is 1. The molecular weight excluding hydrogens is 287 g/mol. The summed E-state index contributed by atoms with van der Waals surface area (Å²) in [6.45, 7) is 5.32. The van der Waals surface area contributed by atoms with Gasteiger partial charge in [0.1, 0.15) is 5.82 Å². The third-order valence-corrected chi connectivity index (χ3v) is 4.85. The average Bonchev–Trinajstić information content (AvgIpc) is 2.93. The molecule has 3 aromatic rings. The zero-order valence-electron chi connectivity index (χ0n) is 13.5. The molecule has 0 bridgehead atoms. The summed E-state index contributed by atoms with van der Waals surface area (Å²) >= 11 is 0. The monoisotopic (exact) mass is 308 g/mol. The summed E-state index contributed by atoms with van der Waals surface area (Å²) in [5, 5.41) is 4.61. The third-order valence-electron chi connectivity index (χ3n) is 4.85. The quantitative estimate of drug-likeness (QED) is 0.707. The Hall–Kier alpha value is -2.13. The van der Waals surface area contributed by atoms with Gasteiger partial charge in [-0.25, -0.2) is 4.39 Å². The van der Waals surface area contributed by atoms with Crippen LogP contribution in [0, 0.1) is 5.82 Å². The Morgan fingerprint density at radius 1 is 1.09 bits per heavy atom. The van der Waals surface area contributed by atoms with Crippen LogP contribution in [0.25, 0.3) is 10.9 Å². The molecule has 2 N–H and O–H groups in total. The Labute approximate surface area is 135 Å². The molecule has 4 rings (SSSR count).